The third-order valence-electron chi connectivity index (χ3n) is 3.65. The van der Waals surface area contributed by atoms with Crippen LogP contribution in [0.25, 0.3) is 0 Å². The lowest BCUT2D eigenvalue weighted by Crippen LogP contribution is -2.32. The summed E-state index contributed by atoms with van der Waals surface area (Å²) in [5.74, 6) is 0.734. The lowest BCUT2D eigenvalue weighted by atomic mass is 10.2. The van der Waals surface area contributed by atoms with Crippen LogP contribution in [-0.2, 0) is 6.54 Å². The second kappa shape index (κ2) is 7.53. The van der Waals surface area contributed by atoms with E-state index in [4.69, 9.17) is 4.74 Å². The molecule has 0 atom stereocenters. The minimum atomic E-state index is -0.462. The molecule has 0 amide bonds. The molecule has 0 aliphatic heterocycles. The molecule has 25 heavy (non-hydrogen) atoms. The van der Waals surface area contributed by atoms with Gasteiger partial charge in [0, 0.05) is 11.9 Å². The fraction of sp³-hybridized carbons (Fsp3) is 0.158. The minimum Gasteiger partial charge on any atom is -0.492 e. The first-order valence-electron chi connectivity index (χ1n) is 7.97. The molecule has 0 saturated carbocycles. The maximum Gasteiger partial charge on any atom is 0.328 e. The molecule has 0 radical (unpaired) electrons. The molecule has 128 valence electrons. The van der Waals surface area contributed by atoms with Gasteiger partial charge in [0.15, 0.2) is 0 Å². The number of ether oxygens (including phenoxy) is 1. The molecule has 0 unspecified atom stereocenters. The van der Waals surface area contributed by atoms with E-state index in [2.05, 4.69) is 10.3 Å². The number of aryl methyl sites for hydroxylation is 1. The van der Waals surface area contributed by atoms with E-state index in [0.29, 0.717) is 18.8 Å². The Balaban J connectivity index is 1.74. The summed E-state index contributed by atoms with van der Waals surface area (Å²) in [7, 11) is 0. The normalized spacial score (nSPS) is 10.4. The van der Waals surface area contributed by atoms with E-state index < -0.39 is 11.2 Å². The van der Waals surface area contributed by atoms with Crippen LogP contribution < -0.4 is 21.3 Å². The molecule has 0 spiro atoms. The molecule has 3 rings (SSSR count). The zero-order chi connectivity index (χ0) is 17.6. The quantitative estimate of drug-likeness (QED) is 0.725. The molecule has 6 heteroatoms. The molecular formula is C19H19N3O3. The van der Waals surface area contributed by atoms with E-state index in [1.165, 1.54) is 10.8 Å². The monoisotopic (exact) mass is 337 g/mol. The van der Waals surface area contributed by atoms with E-state index in [9.17, 15) is 9.59 Å². The van der Waals surface area contributed by atoms with E-state index in [0.717, 1.165) is 17.0 Å². The van der Waals surface area contributed by atoms with Crippen LogP contribution in [0, 0.1) is 6.92 Å². The number of nitrogens with zero attached hydrogens (tertiary/aromatic N) is 1. The fourth-order valence-electron chi connectivity index (χ4n) is 2.42. The van der Waals surface area contributed by atoms with Crippen molar-refractivity contribution in [2.24, 2.45) is 0 Å². The van der Waals surface area contributed by atoms with Crippen molar-refractivity contribution in [1.82, 2.24) is 9.55 Å². The van der Waals surface area contributed by atoms with Crippen LogP contribution in [0.4, 0.5) is 11.4 Å². The van der Waals surface area contributed by atoms with Gasteiger partial charge in [-0.05, 0) is 36.8 Å². The molecule has 0 fully saturated rings. The van der Waals surface area contributed by atoms with Crippen molar-refractivity contribution in [3.63, 3.8) is 0 Å². The summed E-state index contributed by atoms with van der Waals surface area (Å²) in [6.07, 6.45) is 1.51. The lowest BCUT2D eigenvalue weighted by Gasteiger charge is -2.11. The molecular weight excluding hydrogens is 318 g/mol. The Hall–Kier alpha value is -3.28. The van der Waals surface area contributed by atoms with Gasteiger partial charge in [-0.2, -0.15) is 0 Å². The number of aromatic amines is 1. The van der Waals surface area contributed by atoms with Gasteiger partial charge in [0.25, 0.3) is 5.56 Å². The molecule has 0 saturated heterocycles. The van der Waals surface area contributed by atoms with Crippen molar-refractivity contribution in [2.75, 3.05) is 11.9 Å². The number of anilines is 2. The summed E-state index contributed by atoms with van der Waals surface area (Å²) < 4.78 is 7.02. The number of hydrogen-bond acceptors (Lipinski definition) is 4. The van der Waals surface area contributed by atoms with E-state index in [1.807, 2.05) is 61.5 Å². The van der Waals surface area contributed by atoms with Crippen molar-refractivity contribution in [3.8, 4) is 5.75 Å². The number of aromatic nitrogens is 2. The molecule has 0 bridgehead atoms. The molecule has 3 aromatic rings. The van der Waals surface area contributed by atoms with Gasteiger partial charge in [-0.3, -0.25) is 14.3 Å². The molecule has 0 aliphatic rings. The summed E-state index contributed by atoms with van der Waals surface area (Å²) in [4.78, 5) is 26.3. The highest BCUT2D eigenvalue weighted by Gasteiger charge is 2.06. The summed E-state index contributed by atoms with van der Waals surface area (Å²) >= 11 is 0. The van der Waals surface area contributed by atoms with Gasteiger partial charge in [0.1, 0.15) is 18.0 Å². The number of nitrogens with one attached hydrogen (secondary N) is 2. The summed E-state index contributed by atoms with van der Waals surface area (Å²) in [5, 5.41) is 3.04. The lowest BCUT2D eigenvalue weighted by molar-refractivity contribution is 0.295. The summed E-state index contributed by atoms with van der Waals surface area (Å²) in [5.41, 5.74) is 1.26. The first-order valence-corrected chi connectivity index (χ1v) is 7.97. The van der Waals surface area contributed by atoms with Crippen LogP contribution in [0.3, 0.4) is 0 Å². The van der Waals surface area contributed by atoms with Crippen molar-refractivity contribution in [2.45, 2.75) is 13.5 Å². The van der Waals surface area contributed by atoms with Crippen LogP contribution in [0.2, 0.25) is 0 Å². The molecule has 6 nitrogen and oxygen atoms in total. The molecule has 0 aliphatic carbocycles. The highest BCUT2D eigenvalue weighted by atomic mass is 16.5. The van der Waals surface area contributed by atoms with Crippen LogP contribution >= 0.6 is 0 Å². The van der Waals surface area contributed by atoms with Crippen LogP contribution in [0.15, 0.2) is 70.4 Å². The predicted molar refractivity (Wildman–Crippen MR) is 97.7 cm³/mol. The highest BCUT2D eigenvalue weighted by molar-refractivity contribution is 5.58. The first-order chi connectivity index (χ1) is 12.1. The largest absolute Gasteiger partial charge is 0.492 e. The second-order valence-electron chi connectivity index (χ2n) is 5.65. The Morgan fingerprint density at radius 3 is 2.64 bits per heavy atom. The van der Waals surface area contributed by atoms with Gasteiger partial charge < -0.3 is 10.1 Å². The topological polar surface area (TPSA) is 76.1 Å². The van der Waals surface area contributed by atoms with E-state index >= 15 is 0 Å². The Kier molecular flexibility index (Phi) is 4.99. The van der Waals surface area contributed by atoms with Gasteiger partial charge in [-0.25, -0.2) is 4.79 Å². The number of benzene rings is 2. The molecule has 1 aromatic heterocycles. The maximum absolute atomic E-state index is 12.0. The molecule has 1 heterocycles. The number of hydrogen-bond donors (Lipinski definition) is 2. The Labute approximate surface area is 144 Å². The van der Waals surface area contributed by atoms with Gasteiger partial charge in [0.2, 0.25) is 0 Å². The first kappa shape index (κ1) is 16.6. The SMILES string of the molecule is Cc1cccc(Nc2cn(CCOc3ccccc3)c(=O)[nH]c2=O)c1. The second-order valence-corrected chi connectivity index (χ2v) is 5.65. The van der Waals surface area contributed by atoms with E-state index in [-0.39, 0.29) is 0 Å². The number of para-hydroxylation sites is 1. The van der Waals surface area contributed by atoms with Gasteiger partial charge in [0.05, 0.1) is 6.54 Å². The van der Waals surface area contributed by atoms with Crippen molar-refractivity contribution < 1.29 is 4.74 Å². The zero-order valence-corrected chi connectivity index (χ0v) is 13.9. The van der Waals surface area contributed by atoms with Crippen LogP contribution in [0.1, 0.15) is 5.56 Å². The van der Waals surface area contributed by atoms with Gasteiger partial charge >= 0.3 is 5.69 Å². The fourth-order valence-corrected chi connectivity index (χ4v) is 2.42. The average Bonchev–Trinajstić information content (AvgIpc) is 2.60. The smallest absolute Gasteiger partial charge is 0.328 e. The van der Waals surface area contributed by atoms with Gasteiger partial charge in [-0.15, -0.1) is 0 Å². The zero-order valence-electron chi connectivity index (χ0n) is 13.9. The Morgan fingerprint density at radius 2 is 1.88 bits per heavy atom. The van der Waals surface area contributed by atoms with Gasteiger partial charge in [-0.1, -0.05) is 30.3 Å². The van der Waals surface area contributed by atoms with Crippen molar-refractivity contribution >= 4 is 11.4 Å². The number of H-pyrrole nitrogens is 1. The average molecular weight is 337 g/mol. The van der Waals surface area contributed by atoms with Crippen LogP contribution in [0.5, 0.6) is 5.75 Å². The van der Waals surface area contributed by atoms with Crippen molar-refractivity contribution in [1.29, 1.82) is 0 Å². The molecule has 2 aromatic carbocycles. The minimum absolute atomic E-state index is 0.310. The number of rotatable bonds is 6. The standard InChI is InChI=1S/C19H19N3O3/c1-14-6-5-7-15(12-14)20-17-13-22(19(24)21-18(17)23)10-11-25-16-8-3-2-4-9-16/h2-9,12-13,20H,10-11H2,1H3,(H,21,23,24). The highest BCUT2D eigenvalue weighted by Crippen LogP contribution is 2.14. The van der Waals surface area contributed by atoms with Crippen molar-refractivity contribution in [3.05, 3.63) is 87.2 Å². The van der Waals surface area contributed by atoms with Crippen LogP contribution in [-0.4, -0.2) is 16.2 Å². The van der Waals surface area contributed by atoms with E-state index in [1.54, 1.807) is 0 Å². The molecule has 2 N–H and O–H groups in total. The Bertz CT molecular complexity index is 961. The third-order valence-corrected chi connectivity index (χ3v) is 3.65. The third kappa shape index (κ3) is 4.38. The summed E-state index contributed by atoms with van der Waals surface area (Å²) in [6.45, 7) is 2.62. The predicted octanol–water partition coefficient (Wildman–Crippen LogP) is 2.67. The summed E-state index contributed by atoms with van der Waals surface area (Å²) in [6, 6.07) is 17.0. The maximum atomic E-state index is 12.0. The Morgan fingerprint density at radius 1 is 1.08 bits per heavy atom.